The van der Waals surface area contributed by atoms with Gasteiger partial charge in [0.1, 0.15) is 0 Å². The molecule has 9 heteroatoms. The largest absolute Gasteiger partial charge is 0.417 e. The molecule has 0 saturated carbocycles. The Morgan fingerprint density at radius 1 is 1.00 bits per heavy atom. The number of likely N-dealkylation sites (N-methyl/N-ethyl adjacent to an activating group) is 1. The fourth-order valence-electron chi connectivity index (χ4n) is 1.73. The maximum absolute atomic E-state index is 13.3. The summed E-state index contributed by atoms with van der Waals surface area (Å²) in [6, 6.07) is -1.13. The Hall–Kier alpha value is -1.12. The highest BCUT2D eigenvalue weighted by molar-refractivity contribution is 5.75. The Morgan fingerprint density at radius 3 is 1.80 bits per heavy atom. The highest BCUT2D eigenvalue weighted by Crippen LogP contribution is 2.41. The van der Waals surface area contributed by atoms with Crippen LogP contribution in [-0.4, -0.2) is 66.7 Å². The standard InChI is InChI=1S/C11H18F5N3O/c1-9(10(2,12)13,11(14,15)16)17-8(20)19-6-4-18(3)5-7-19/h4-7H2,1-3H3,(H,17,20). The summed E-state index contributed by atoms with van der Waals surface area (Å²) < 4.78 is 65.2. The van der Waals surface area contributed by atoms with Gasteiger partial charge in [0.15, 0.2) is 5.54 Å². The lowest BCUT2D eigenvalue weighted by Crippen LogP contribution is -2.68. The fourth-order valence-corrected chi connectivity index (χ4v) is 1.73. The number of halogens is 5. The Labute approximate surface area is 113 Å². The Balaban J connectivity index is 2.84. The van der Waals surface area contributed by atoms with Crippen LogP contribution in [0.4, 0.5) is 26.7 Å². The maximum Gasteiger partial charge on any atom is 0.417 e. The number of nitrogens with one attached hydrogen (secondary N) is 1. The molecule has 0 aliphatic carbocycles. The van der Waals surface area contributed by atoms with E-state index in [0.29, 0.717) is 20.0 Å². The molecule has 1 aliphatic rings. The van der Waals surface area contributed by atoms with Crippen molar-refractivity contribution in [1.82, 2.24) is 15.1 Å². The number of rotatable bonds is 2. The minimum Gasteiger partial charge on any atom is -0.322 e. The number of carbonyl (C=O) groups is 1. The lowest BCUT2D eigenvalue weighted by atomic mass is 9.94. The molecule has 0 aromatic rings. The van der Waals surface area contributed by atoms with Crippen molar-refractivity contribution in [1.29, 1.82) is 0 Å². The van der Waals surface area contributed by atoms with Crippen LogP contribution in [0.5, 0.6) is 0 Å². The predicted octanol–water partition coefficient (Wildman–Crippen LogP) is 1.92. The van der Waals surface area contributed by atoms with Gasteiger partial charge < -0.3 is 15.1 Å². The van der Waals surface area contributed by atoms with Crippen LogP contribution in [0.15, 0.2) is 0 Å². The fraction of sp³-hybridized carbons (Fsp3) is 0.909. The van der Waals surface area contributed by atoms with E-state index in [1.54, 1.807) is 7.05 Å². The van der Waals surface area contributed by atoms with Gasteiger partial charge in [0.2, 0.25) is 0 Å². The van der Waals surface area contributed by atoms with E-state index in [4.69, 9.17) is 0 Å². The van der Waals surface area contributed by atoms with Crippen LogP contribution in [0, 0.1) is 0 Å². The molecule has 1 N–H and O–H groups in total. The third-order valence-electron chi connectivity index (χ3n) is 3.59. The van der Waals surface area contributed by atoms with Gasteiger partial charge in [0.25, 0.3) is 5.92 Å². The molecule has 0 aromatic heterocycles. The first kappa shape index (κ1) is 16.9. The van der Waals surface area contributed by atoms with Crippen molar-refractivity contribution in [3.63, 3.8) is 0 Å². The molecule has 1 atom stereocenters. The van der Waals surface area contributed by atoms with Crippen molar-refractivity contribution in [3.8, 4) is 0 Å². The van der Waals surface area contributed by atoms with Crippen molar-refractivity contribution in [3.05, 3.63) is 0 Å². The van der Waals surface area contributed by atoms with E-state index < -0.39 is 23.7 Å². The molecule has 0 aromatic carbocycles. The first-order valence-electron chi connectivity index (χ1n) is 6.08. The Kier molecular flexibility index (Phi) is 4.52. The predicted molar refractivity (Wildman–Crippen MR) is 62.7 cm³/mol. The van der Waals surface area contributed by atoms with Crippen LogP contribution >= 0.6 is 0 Å². The number of alkyl halides is 5. The van der Waals surface area contributed by atoms with Gasteiger partial charge in [-0.3, -0.25) is 0 Å². The zero-order valence-electron chi connectivity index (χ0n) is 11.5. The molecule has 118 valence electrons. The molecule has 1 saturated heterocycles. The van der Waals surface area contributed by atoms with Crippen LogP contribution in [0.1, 0.15) is 13.8 Å². The van der Waals surface area contributed by atoms with Crippen LogP contribution in [-0.2, 0) is 0 Å². The Morgan fingerprint density at radius 2 is 1.45 bits per heavy atom. The first-order chi connectivity index (χ1) is 8.88. The van der Waals surface area contributed by atoms with Crippen molar-refractivity contribution in [2.75, 3.05) is 33.2 Å². The quantitative estimate of drug-likeness (QED) is 0.791. The molecule has 4 nitrogen and oxygen atoms in total. The summed E-state index contributed by atoms with van der Waals surface area (Å²) in [6.45, 7) is 1.81. The third kappa shape index (κ3) is 3.31. The summed E-state index contributed by atoms with van der Waals surface area (Å²) in [5.74, 6) is -4.13. The highest BCUT2D eigenvalue weighted by atomic mass is 19.4. The van der Waals surface area contributed by atoms with Crippen LogP contribution in [0.2, 0.25) is 0 Å². The van der Waals surface area contributed by atoms with E-state index in [-0.39, 0.29) is 20.0 Å². The highest BCUT2D eigenvalue weighted by Gasteiger charge is 2.65. The number of hydrogen-bond acceptors (Lipinski definition) is 2. The lowest BCUT2D eigenvalue weighted by Gasteiger charge is -2.40. The molecule has 1 unspecified atom stereocenters. The van der Waals surface area contributed by atoms with Crippen molar-refractivity contribution in [2.24, 2.45) is 0 Å². The number of urea groups is 1. The van der Waals surface area contributed by atoms with Gasteiger partial charge in [-0.25, -0.2) is 13.6 Å². The molecule has 1 rings (SSSR count). The molecule has 0 spiro atoms. The van der Waals surface area contributed by atoms with Gasteiger partial charge in [0, 0.05) is 33.1 Å². The second kappa shape index (κ2) is 5.34. The van der Waals surface area contributed by atoms with Gasteiger partial charge >= 0.3 is 12.2 Å². The van der Waals surface area contributed by atoms with E-state index in [1.165, 1.54) is 5.32 Å². The monoisotopic (exact) mass is 303 g/mol. The van der Waals surface area contributed by atoms with Crippen LogP contribution < -0.4 is 5.32 Å². The first-order valence-corrected chi connectivity index (χ1v) is 6.08. The molecule has 20 heavy (non-hydrogen) atoms. The summed E-state index contributed by atoms with van der Waals surface area (Å²) in [5.41, 5.74) is -3.60. The summed E-state index contributed by atoms with van der Waals surface area (Å²) in [5, 5.41) is 1.45. The summed E-state index contributed by atoms with van der Waals surface area (Å²) in [6.07, 6.45) is -5.26. The van der Waals surface area contributed by atoms with Crippen LogP contribution in [0.25, 0.3) is 0 Å². The minimum absolute atomic E-state index is 0.144. The van der Waals surface area contributed by atoms with Crippen molar-refractivity contribution in [2.45, 2.75) is 31.5 Å². The zero-order valence-corrected chi connectivity index (χ0v) is 11.5. The number of piperazine rings is 1. The van der Waals surface area contributed by atoms with Crippen molar-refractivity contribution >= 4 is 6.03 Å². The van der Waals surface area contributed by atoms with Gasteiger partial charge in [0.05, 0.1) is 0 Å². The average Bonchev–Trinajstić information content (AvgIpc) is 2.26. The van der Waals surface area contributed by atoms with E-state index in [9.17, 15) is 26.7 Å². The van der Waals surface area contributed by atoms with E-state index in [1.807, 2.05) is 4.90 Å². The van der Waals surface area contributed by atoms with Gasteiger partial charge in [-0.05, 0) is 14.0 Å². The van der Waals surface area contributed by atoms with Gasteiger partial charge in [-0.1, -0.05) is 0 Å². The Bertz CT molecular complexity index is 344. The van der Waals surface area contributed by atoms with E-state index in [0.717, 1.165) is 4.90 Å². The van der Waals surface area contributed by atoms with E-state index in [2.05, 4.69) is 0 Å². The second-order valence-electron chi connectivity index (χ2n) is 5.23. The topological polar surface area (TPSA) is 35.6 Å². The van der Waals surface area contributed by atoms with Gasteiger partial charge in [-0.15, -0.1) is 0 Å². The minimum atomic E-state index is -5.26. The average molecular weight is 303 g/mol. The van der Waals surface area contributed by atoms with E-state index >= 15 is 0 Å². The number of hydrogen-bond donors (Lipinski definition) is 1. The molecular formula is C11H18F5N3O. The molecule has 1 heterocycles. The number of carbonyl (C=O) groups excluding carboxylic acids is 1. The summed E-state index contributed by atoms with van der Waals surface area (Å²) in [4.78, 5) is 14.8. The molecule has 0 radical (unpaired) electrons. The lowest BCUT2D eigenvalue weighted by molar-refractivity contribution is -0.250. The SMILES string of the molecule is CN1CCN(C(=O)NC(C)(C(C)(F)F)C(F)(F)F)CC1. The molecule has 0 bridgehead atoms. The van der Waals surface area contributed by atoms with Gasteiger partial charge in [-0.2, -0.15) is 13.2 Å². The smallest absolute Gasteiger partial charge is 0.322 e. The summed E-state index contributed by atoms with van der Waals surface area (Å²) >= 11 is 0. The molecule has 1 aliphatic heterocycles. The molecule has 1 fully saturated rings. The van der Waals surface area contributed by atoms with Crippen LogP contribution in [0.3, 0.4) is 0 Å². The molecule has 2 amide bonds. The number of nitrogens with zero attached hydrogens (tertiary/aromatic N) is 2. The third-order valence-corrected chi connectivity index (χ3v) is 3.59. The summed E-state index contributed by atoms with van der Waals surface area (Å²) in [7, 11) is 1.80. The molecular weight excluding hydrogens is 285 g/mol. The maximum atomic E-state index is 13.3. The van der Waals surface area contributed by atoms with Crippen molar-refractivity contribution < 1.29 is 26.7 Å². The normalized spacial score (nSPS) is 21.5. The zero-order chi connectivity index (χ0) is 15.8. The number of amides is 2. The second-order valence-corrected chi connectivity index (χ2v) is 5.23.